The van der Waals surface area contributed by atoms with Gasteiger partial charge in [-0.3, -0.25) is 0 Å². The molecule has 0 amide bonds. The summed E-state index contributed by atoms with van der Waals surface area (Å²) in [6.45, 7) is 1.50. The molecule has 2 heterocycles. The van der Waals surface area contributed by atoms with Crippen LogP contribution in [0.15, 0.2) is 10.7 Å². The summed E-state index contributed by atoms with van der Waals surface area (Å²) in [7, 11) is 0. The number of nitrogens with zero attached hydrogens (tertiary/aromatic N) is 2. The second-order valence-corrected chi connectivity index (χ2v) is 4.14. The van der Waals surface area contributed by atoms with Crippen molar-refractivity contribution >= 4 is 27.5 Å². The van der Waals surface area contributed by atoms with Gasteiger partial charge in [0.1, 0.15) is 11.0 Å². The Morgan fingerprint density at radius 2 is 2.46 bits per heavy atom. The highest BCUT2D eigenvalue weighted by Crippen LogP contribution is 2.25. The predicted molar refractivity (Wildman–Crippen MR) is 52.9 cm³/mol. The van der Waals surface area contributed by atoms with Crippen LogP contribution < -0.4 is 0 Å². The third kappa shape index (κ3) is 2.00. The lowest BCUT2D eigenvalue weighted by Gasteiger charge is -2.05. The quantitative estimate of drug-likeness (QED) is 0.730. The van der Waals surface area contributed by atoms with Gasteiger partial charge in [-0.2, -0.15) is 0 Å². The van der Waals surface area contributed by atoms with E-state index >= 15 is 0 Å². The van der Waals surface area contributed by atoms with Crippen LogP contribution in [0.4, 0.5) is 0 Å². The summed E-state index contributed by atoms with van der Waals surface area (Å²) in [4.78, 5) is 8.38. The Morgan fingerprint density at radius 1 is 1.62 bits per heavy atom. The molecule has 1 aliphatic rings. The van der Waals surface area contributed by atoms with Crippen molar-refractivity contribution in [3.05, 3.63) is 21.6 Å². The van der Waals surface area contributed by atoms with E-state index in [4.69, 9.17) is 16.3 Å². The van der Waals surface area contributed by atoms with Crippen LogP contribution in [-0.2, 0) is 4.74 Å². The highest BCUT2D eigenvalue weighted by molar-refractivity contribution is 9.10. The molecule has 0 spiro atoms. The summed E-state index contributed by atoms with van der Waals surface area (Å²) in [5, 5.41) is 0.469. The minimum atomic E-state index is 0.311. The maximum absolute atomic E-state index is 5.85. The first-order valence-corrected chi connectivity index (χ1v) is 5.20. The van der Waals surface area contributed by atoms with Crippen LogP contribution in [0.3, 0.4) is 0 Å². The number of aromatic nitrogens is 2. The molecule has 0 aromatic carbocycles. The second-order valence-electron chi connectivity index (χ2n) is 2.93. The number of ether oxygens (including phenoxy) is 1. The lowest BCUT2D eigenvalue weighted by molar-refractivity contribution is 0.193. The largest absolute Gasteiger partial charge is 0.381 e. The van der Waals surface area contributed by atoms with E-state index in [1.807, 2.05) is 0 Å². The van der Waals surface area contributed by atoms with E-state index < -0.39 is 0 Å². The molecule has 0 N–H and O–H groups in total. The van der Waals surface area contributed by atoms with Crippen molar-refractivity contribution < 1.29 is 4.74 Å². The van der Waals surface area contributed by atoms with Crippen LogP contribution in [0, 0.1) is 0 Å². The number of hydrogen-bond donors (Lipinski definition) is 0. The lowest BCUT2D eigenvalue weighted by atomic mass is 10.1. The Bertz CT molecular complexity index is 315. The maximum Gasteiger partial charge on any atom is 0.146 e. The zero-order valence-corrected chi connectivity index (χ0v) is 9.18. The molecular formula is C8H8BrClN2O. The fourth-order valence-electron chi connectivity index (χ4n) is 1.29. The van der Waals surface area contributed by atoms with Crippen molar-refractivity contribution in [1.29, 1.82) is 0 Å². The van der Waals surface area contributed by atoms with Crippen LogP contribution in [0.25, 0.3) is 0 Å². The van der Waals surface area contributed by atoms with Gasteiger partial charge in [0.2, 0.25) is 0 Å². The van der Waals surface area contributed by atoms with E-state index in [1.54, 1.807) is 6.20 Å². The first kappa shape index (κ1) is 9.37. The molecule has 70 valence electrons. The predicted octanol–water partition coefficient (Wildman–Crippen LogP) is 2.40. The molecule has 1 aromatic rings. The summed E-state index contributed by atoms with van der Waals surface area (Å²) in [5.74, 6) is 1.09. The molecule has 1 fully saturated rings. The minimum absolute atomic E-state index is 0.311. The summed E-state index contributed by atoms with van der Waals surface area (Å²) < 4.78 is 5.98. The third-order valence-electron chi connectivity index (χ3n) is 2.01. The zero-order chi connectivity index (χ0) is 9.26. The monoisotopic (exact) mass is 262 g/mol. The molecular weight excluding hydrogens is 255 g/mol. The lowest BCUT2D eigenvalue weighted by Crippen LogP contribution is -2.03. The van der Waals surface area contributed by atoms with E-state index in [2.05, 4.69) is 25.9 Å². The summed E-state index contributed by atoms with van der Waals surface area (Å²) in [6.07, 6.45) is 2.67. The van der Waals surface area contributed by atoms with Gasteiger partial charge in [-0.05, 0) is 22.4 Å². The number of hydrogen-bond acceptors (Lipinski definition) is 3. The van der Waals surface area contributed by atoms with Crippen molar-refractivity contribution in [2.24, 2.45) is 0 Å². The molecule has 2 rings (SSSR count). The standard InChI is InChI=1S/C8H8BrClN2O/c9-6-3-11-8(12-7(6)10)5-1-2-13-4-5/h3,5H,1-2,4H2. The Morgan fingerprint density at radius 3 is 3.08 bits per heavy atom. The van der Waals surface area contributed by atoms with Gasteiger partial charge in [-0.25, -0.2) is 9.97 Å². The first-order valence-electron chi connectivity index (χ1n) is 4.03. The smallest absolute Gasteiger partial charge is 0.146 e. The molecule has 0 bridgehead atoms. The normalized spacial score (nSPS) is 22.2. The minimum Gasteiger partial charge on any atom is -0.381 e. The second kappa shape index (κ2) is 3.90. The molecule has 3 nitrogen and oxygen atoms in total. The fraction of sp³-hybridized carbons (Fsp3) is 0.500. The molecule has 1 atom stereocenters. The molecule has 0 saturated carbocycles. The van der Waals surface area contributed by atoms with Gasteiger partial charge in [0.05, 0.1) is 11.1 Å². The molecule has 1 saturated heterocycles. The van der Waals surface area contributed by atoms with E-state index in [0.717, 1.165) is 23.3 Å². The van der Waals surface area contributed by atoms with Crippen LogP contribution in [0.1, 0.15) is 18.2 Å². The van der Waals surface area contributed by atoms with Gasteiger partial charge in [0, 0.05) is 18.7 Å². The van der Waals surface area contributed by atoms with Gasteiger partial charge in [0.15, 0.2) is 0 Å². The Hall–Kier alpha value is -0.190. The number of rotatable bonds is 1. The van der Waals surface area contributed by atoms with Gasteiger partial charge in [-0.1, -0.05) is 11.6 Å². The molecule has 1 aliphatic heterocycles. The molecule has 0 radical (unpaired) electrons. The summed E-state index contributed by atoms with van der Waals surface area (Å²) in [5.41, 5.74) is 0. The summed E-state index contributed by atoms with van der Waals surface area (Å²) >= 11 is 9.10. The Labute approximate surface area is 89.6 Å². The van der Waals surface area contributed by atoms with Gasteiger partial charge in [-0.15, -0.1) is 0 Å². The topological polar surface area (TPSA) is 35.0 Å². The fourth-order valence-corrected chi connectivity index (χ4v) is 1.62. The third-order valence-corrected chi connectivity index (χ3v) is 3.11. The Kier molecular flexibility index (Phi) is 2.81. The van der Waals surface area contributed by atoms with Gasteiger partial charge in [0.25, 0.3) is 0 Å². The first-order chi connectivity index (χ1) is 6.27. The van der Waals surface area contributed by atoms with E-state index in [1.165, 1.54) is 0 Å². The number of halogens is 2. The Balaban J connectivity index is 2.25. The van der Waals surface area contributed by atoms with Crippen LogP contribution in [0.2, 0.25) is 5.15 Å². The van der Waals surface area contributed by atoms with E-state index in [9.17, 15) is 0 Å². The highest BCUT2D eigenvalue weighted by Gasteiger charge is 2.20. The van der Waals surface area contributed by atoms with Crippen LogP contribution >= 0.6 is 27.5 Å². The van der Waals surface area contributed by atoms with Crippen LogP contribution in [-0.4, -0.2) is 23.2 Å². The van der Waals surface area contributed by atoms with Gasteiger partial charge >= 0.3 is 0 Å². The molecule has 1 aromatic heterocycles. The average molecular weight is 264 g/mol. The maximum atomic E-state index is 5.85. The average Bonchev–Trinajstić information content (AvgIpc) is 2.62. The van der Waals surface area contributed by atoms with E-state index in [0.29, 0.717) is 17.7 Å². The van der Waals surface area contributed by atoms with Crippen molar-refractivity contribution in [2.45, 2.75) is 12.3 Å². The van der Waals surface area contributed by atoms with Crippen molar-refractivity contribution in [1.82, 2.24) is 9.97 Å². The van der Waals surface area contributed by atoms with Crippen molar-refractivity contribution in [2.75, 3.05) is 13.2 Å². The van der Waals surface area contributed by atoms with Crippen molar-refractivity contribution in [3.63, 3.8) is 0 Å². The van der Waals surface area contributed by atoms with E-state index in [-0.39, 0.29) is 0 Å². The molecule has 13 heavy (non-hydrogen) atoms. The van der Waals surface area contributed by atoms with Crippen molar-refractivity contribution in [3.8, 4) is 0 Å². The SMILES string of the molecule is Clc1nc(C2CCOC2)ncc1Br. The summed E-state index contributed by atoms with van der Waals surface area (Å²) in [6, 6.07) is 0. The highest BCUT2D eigenvalue weighted by atomic mass is 79.9. The van der Waals surface area contributed by atoms with Crippen LogP contribution in [0.5, 0.6) is 0 Å². The molecule has 1 unspecified atom stereocenters. The van der Waals surface area contributed by atoms with Gasteiger partial charge < -0.3 is 4.74 Å². The zero-order valence-electron chi connectivity index (χ0n) is 6.83. The molecule has 0 aliphatic carbocycles. The molecule has 5 heteroatoms.